The van der Waals surface area contributed by atoms with Crippen molar-refractivity contribution in [2.75, 3.05) is 25.6 Å². The monoisotopic (exact) mass is 508 g/mol. The Kier molecular flexibility index (Phi) is 6.95. The Hall–Kier alpha value is -4.12. The van der Waals surface area contributed by atoms with E-state index in [1.807, 2.05) is 0 Å². The number of halogens is 2. The van der Waals surface area contributed by atoms with Crippen LogP contribution in [0.1, 0.15) is 40.4 Å². The largest absolute Gasteiger partial charge is 0.494 e. The summed E-state index contributed by atoms with van der Waals surface area (Å²) >= 11 is 0. The van der Waals surface area contributed by atoms with Crippen LogP contribution in [0.2, 0.25) is 0 Å². The minimum Gasteiger partial charge on any atom is -0.494 e. The van der Waals surface area contributed by atoms with Gasteiger partial charge in [-0.3, -0.25) is 9.48 Å². The van der Waals surface area contributed by atoms with E-state index in [2.05, 4.69) is 25.7 Å². The lowest BCUT2D eigenvalue weighted by Crippen LogP contribution is -2.29. The van der Waals surface area contributed by atoms with Crippen molar-refractivity contribution < 1.29 is 23.0 Å². The van der Waals surface area contributed by atoms with E-state index >= 15 is 0 Å². The molecule has 0 radical (unpaired) electrons. The number of aromatic nitrogens is 4. The van der Waals surface area contributed by atoms with E-state index in [0.29, 0.717) is 35.8 Å². The molecule has 0 saturated carbocycles. The normalized spacial score (nSPS) is 14.9. The lowest BCUT2D eigenvalue weighted by molar-refractivity contribution is 0.0903. The van der Waals surface area contributed by atoms with Gasteiger partial charge in [0.15, 0.2) is 11.6 Å². The first-order valence-electron chi connectivity index (χ1n) is 11.8. The number of hydrogen-bond acceptors (Lipinski definition) is 7. The number of rotatable bonds is 7. The zero-order valence-corrected chi connectivity index (χ0v) is 20.4. The third-order valence-corrected chi connectivity index (χ3v) is 6.31. The molecule has 9 nitrogen and oxygen atoms in total. The number of anilines is 1. The van der Waals surface area contributed by atoms with Crippen LogP contribution in [0.3, 0.4) is 0 Å². The number of nitrogens with one attached hydrogen (secondary N) is 2. The first-order valence-corrected chi connectivity index (χ1v) is 11.8. The van der Waals surface area contributed by atoms with Gasteiger partial charge in [-0.25, -0.2) is 18.7 Å². The van der Waals surface area contributed by atoms with Gasteiger partial charge in [0.05, 0.1) is 30.3 Å². The van der Waals surface area contributed by atoms with E-state index in [1.165, 1.54) is 31.5 Å². The number of nitrogens with zero attached hydrogens (tertiary/aromatic N) is 4. The number of fused-ring (bicyclic) bond motifs is 1. The highest BCUT2D eigenvalue weighted by atomic mass is 19.1. The van der Waals surface area contributed by atoms with Crippen LogP contribution in [0, 0.1) is 11.6 Å². The summed E-state index contributed by atoms with van der Waals surface area (Å²) in [6.07, 6.45) is 6.34. The number of ether oxygens (including phenoxy) is 2. The Morgan fingerprint density at radius 1 is 1.14 bits per heavy atom. The minimum absolute atomic E-state index is 0.0728. The Morgan fingerprint density at radius 3 is 2.65 bits per heavy atom. The maximum absolute atomic E-state index is 14.9. The van der Waals surface area contributed by atoms with Gasteiger partial charge in [0, 0.05) is 49.8 Å². The van der Waals surface area contributed by atoms with Crippen molar-refractivity contribution in [3.05, 3.63) is 77.2 Å². The molecule has 1 amide bonds. The van der Waals surface area contributed by atoms with Crippen LogP contribution in [0.5, 0.6) is 5.75 Å². The third kappa shape index (κ3) is 5.36. The maximum atomic E-state index is 14.9. The summed E-state index contributed by atoms with van der Waals surface area (Å²) in [5.74, 6) is -1.29. The van der Waals surface area contributed by atoms with Crippen molar-refractivity contribution in [1.82, 2.24) is 25.1 Å². The van der Waals surface area contributed by atoms with Crippen molar-refractivity contribution in [3.63, 3.8) is 0 Å². The predicted octanol–water partition coefficient (Wildman–Crippen LogP) is 3.76. The Labute approximate surface area is 211 Å². The molecule has 2 aromatic heterocycles. The summed E-state index contributed by atoms with van der Waals surface area (Å²) in [5.41, 5.74) is 1.48. The number of carbonyl (C=O) groups is 1. The SMILES string of the molecule is COc1ccc([C@@H](NC(=O)c2cc(F)c3cnc(NC4CCOCC4)nc3c2)c2cnn(C)c2)cc1F. The molecule has 0 spiro atoms. The Morgan fingerprint density at radius 2 is 1.95 bits per heavy atom. The average Bonchev–Trinajstić information content (AvgIpc) is 3.33. The van der Waals surface area contributed by atoms with E-state index in [0.717, 1.165) is 18.9 Å². The zero-order chi connectivity index (χ0) is 25.9. The van der Waals surface area contributed by atoms with Gasteiger partial charge in [0.1, 0.15) is 5.82 Å². The van der Waals surface area contributed by atoms with Crippen LogP contribution >= 0.6 is 0 Å². The number of carbonyl (C=O) groups excluding carboxylic acids is 1. The van der Waals surface area contributed by atoms with Crippen molar-refractivity contribution in [2.45, 2.75) is 24.9 Å². The summed E-state index contributed by atoms with van der Waals surface area (Å²) in [4.78, 5) is 22.0. The van der Waals surface area contributed by atoms with Crippen LogP contribution < -0.4 is 15.4 Å². The van der Waals surface area contributed by atoms with Crippen molar-refractivity contribution >= 4 is 22.8 Å². The molecule has 0 bridgehead atoms. The van der Waals surface area contributed by atoms with E-state index < -0.39 is 23.6 Å². The highest BCUT2D eigenvalue weighted by Crippen LogP contribution is 2.27. The molecule has 4 aromatic rings. The smallest absolute Gasteiger partial charge is 0.252 e. The lowest BCUT2D eigenvalue weighted by atomic mass is 10.0. The molecule has 11 heteroatoms. The van der Waals surface area contributed by atoms with Crippen LogP contribution in [0.15, 0.2) is 48.9 Å². The summed E-state index contributed by atoms with van der Waals surface area (Å²) in [5, 5.41) is 10.5. The van der Waals surface area contributed by atoms with Crippen molar-refractivity contribution in [2.24, 2.45) is 7.05 Å². The maximum Gasteiger partial charge on any atom is 0.252 e. The average molecular weight is 509 g/mol. The molecule has 2 N–H and O–H groups in total. The quantitative estimate of drug-likeness (QED) is 0.392. The first kappa shape index (κ1) is 24.6. The van der Waals surface area contributed by atoms with Gasteiger partial charge < -0.3 is 20.1 Å². The van der Waals surface area contributed by atoms with Gasteiger partial charge in [-0.05, 0) is 42.7 Å². The fraction of sp³-hybridized carbons (Fsp3) is 0.308. The van der Waals surface area contributed by atoms with Gasteiger partial charge in [-0.1, -0.05) is 6.07 Å². The number of methoxy groups -OCH3 is 1. The fourth-order valence-corrected chi connectivity index (χ4v) is 4.34. The molecule has 1 saturated heterocycles. The lowest BCUT2D eigenvalue weighted by Gasteiger charge is -2.23. The number of benzene rings is 2. The van der Waals surface area contributed by atoms with E-state index in [9.17, 15) is 13.6 Å². The topological polar surface area (TPSA) is 103 Å². The molecule has 0 aliphatic carbocycles. The molecule has 1 fully saturated rings. The molecule has 1 aliphatic rings. The third-order valence-electron chi connectivity index (χ3n) is 6.31. The Balaban J connectivity index is 1.44. The Bertz CT molecular complexity index is 1440. The molecule has 3 heterocycles. The van der Waals surface area contributed by atoms with Gasteiger partial charge in [-0.15, -0.1) is 0 Å². The van der Waals surface area contributed by atoms with E-state index in [1.54, 1.807) is 30.2 Å². The van der Waals surface area contributed by atoms with E-state index in [4.69, 9.17) is 9.47 Å². The predicted molar refractivity (Wildman–Crippen MR) is 132 cm³/mol. The van der Waals surface area contributed by atoms with Gasteiger partial charge in [0.2, 0.25) is 5.95 Å². The van der Waals surface area contributed by atoms with Crippen LogP contribution in [0.25, 0.3) is 10.9 Å². The number of hydrogen-bond donors (Lipinski definition) is 2. The number of aryl methyl sites for hydroxylation is 1. The molecule has 1 aliphatic heterocycles. The van der Waals surface area contributed by atoms with Gasteiger partial charge in [-0.2, -0.15) is 5.10 Å². The fourth-order valence-electron chi connectivity index (χ4n) is 4.34. The van der Waals surface area contributed by atoms with Gasteiger partial charge >= 0.3 is 0 Å². The van der Waals surface area contributed by atoms with E-state index in [-0.39, 0.29) is 22.7 Å². The van der Waals surface area contributed by atoms with Gasteiger partial charge in [0.25, 0.3) is 5.91 Å². The molecular weight excluding hydrogens is 482 g/mol. The second-order valence-electron chi connectivity index (χ2n) is 8.86. The minimum atomic E-state index is -0.739. The molecular formula is C26H26F2N6O3. The molecule has 2 aromatic carbocycles. The highest BCUT2D eigenvalue weighted by Gasteiger charge is 2.22. The molecule has 192 valence electrons. The molecule has 5 rings (SSSR count). The second kappa shape index (κ2) is 10.5. The van der Waals surface area contributed by atoms with Crippen LogP contribution in [-0.2, 0) is 11.8 Å². The molecule has 37 heavy (non-hydrogen) atoms. The number of amides is 1. The first-order chi connectivity index (χ1) is 17.9. The van der Waals surface area contributed by atoms with Crippen molar-refractivity contribution in [3.8, 4) is 5.75 Å². The molecule has 0 unspecified atom stereocenters. The molecule has 1 atom stereocenters. The zero-order valence-electron chi connectivity index (χ0n) is 20.4. The summed E-state index contributed by atoms with van der Waals surface area (Å²) in [6.45, 7) is 1.31. The van der Waals surface area contributed by atoms with Crippen LogP contribution in [0.4, 0.5) is 14.7 Å². The highest BCUT2D eigenvalue weighted by molar-refractivity contribution is 5.98. The second-order valence-corrected chi connectivity index (χ2v) is 8.86. The summed E-state index contributed by atoms with van der Waals surface area (Å²) in [6, 6.07) is 6.51. The van der Waals surface area contributed by atoms with Crippen LogP contribution in [-0.4, -0.2) is 52.0 Å². The summed E-state index contributed by atoms with van der Waals surface area (Å²) in [7, 11) is 3.11. The van der Waals surface area contributed by atoms with Crippen molar-refractivity contribution in [1.29, 1.82) is 0 Å². The standard InChI is InChI=1S/C26H26F2N6O3/c1-34-14-17(12-30-34)24(15-3-4-23(36-2)21(28)9-15)33-25(35)16-10-20(27)19-13-29-26(32-22(19)11-16)31-18-5-7-37-8-6-18/h3-4,9-14,18,24H,5-8H2,1-2H3,(H,33,35)(H,29,31,32)/t24-/m1/s1. The summed E-state index contributed by atoms with van der Waals surface area (Å²) < 4.78 is 41.4.